The van der Waals surface area contributed by atoms with Gasteiger partial charge in [0.2, 0.25) is 5.95 Å². The minimum atomic E-state index is -0.383. The standard InChI is InChI=1S/C16H18N6O2/c1-20-14-13(24-16(20)23)9-12(10-19-14)11-21-5-7-22(8-6-21)15-17-3-2-4-18-15/h2-4,9-10H,5-8,11H2,1H3. The van der Waals surface area contributed by atoms with Crippen LogP contribution in [-0.4, -0.2) is 50.6 Å². The predicted octanol–water partition coefficient (Wildman–Crippen LogP) is 0.639. The maximum atomic E-state index is 11.5. The molecule has 4 heterocycles. The van der Waals surface area contributed by atoms with E-state index in [1.807, 2.05) is 18.3 Å². The molecule has 0 saturated carbocycles. The van der Waals surface area contributed by atoms with Crippen LogP contribution < -0.4 is 10.7 Å². The van der Waals surface area contributed by atoms with Crippen LogP contribution in [0.15, 0.2) is 39.9 Å². The van der Waals surface area contributed by atoms with Gasteiger partial charge in [-0.1, -0.05) is 0 Å². The van der Waals surface area contributed by atoms with Gasteiger partial charge >= 0.3 is 5.76 Å². The molecule has 3 aromatic heterocycles. The summed E-state index contributed by atoms with van der Waals surface area (Å²) in [7, 11) is 1.66. The first-order chi connectivity index (χ1) is 11.7. The highest BCUT2D eigenvalue weighted by Gasteiger charge is 2.19. The lowest BCUT2D eigenvalue weighted by Crippen LogP contribution is -2.46. The van der Waals surface area contributed by atoms with Gasteiger partial charge in [0, 0.05) is 58.4 Å². The molecule has 0 aliphatic carbocycles. The van der Waals surface area contributed by atoms with Crippen molar-refractivity contribution in [2.45, 2.75) is 6.54 Å². The minimum absolute atomic E-state index is 0.383. The fourth-order valence-corrected chi connectivity index (χ4v) is 2.96. The number of piperazine rings is 1. The van der Waals surface area contributed by atoms with E-state index in [4.69, 9.17) is 4.42 Å². The summed E-state index contributed by atoms with van der Waals surface area (Å²) in [6.45, 7) is 4.41. The normalized spacial score (nSPS) is 16.0. The zero-order chi connectivity index (χ0) is 16.5. The van der Waals surface area contributed by atoms with Gasteiger partial charge in [0.25, 0.3) is 0 Å². The van der Waals surface area contributed by atoms with Gasteiger partial charge in [0.05, 0.1) is 0 Å². The van der Waals surface area contributed by atoms with Crippen molar-refractivity contribution in [1.29, 1.82) is 0 Å². The largest absolute Gasteiger partial charge is 0.420 e. The Bertz CT molecular complexity index is 896. The van der Waals surface area contributed by atoms with Crippen molar-refractivity contribution in [3.8, 4) is 0 Å². The summed E-state index contributed by atoms with van der Waals surface area (Å²) >= 11 is 0. The number of pyridine rings is 1. The highest BCUT2D eigenvalue weighted by Crippen LogP contribution is 2.15. The Hall–Kier alpha value is -2.74. The van der Waals surface area contributed by atoms with Gasteiger partial charge in [-0.25, -0.2) is 19.7 Å². The van der Waals surface area contributed by atoms with Gasteiger partial charge in [0.1, 0.15) is 0 Å². The third-order valence-corrected chi connectivity index (χ3v) is 4.29. The fraction of sp³-hybridized carbons (Fsp3) is 0.375. The van der Waals surface area contributed by atoms with Crippen LogP contribution in [0.25, 0.3) is 11.2 Å². The molecular formula is C16H18N6O2. The van der Waals surface area contributed by atoms with E-state index in [-0.39, 0.29) is 5.76 Å². The molecule has 8 nitrogen and oxygen atoms in total. The number of hydrogen-bond donors (Lipinski definition) is 0. The van der Waals surface area contributed by atoms with E-state index in [0.29, 0.717) is 11.2 Å². The molecule has 24 heavy (non-hydrogen) atoms. The predicted molar refractivity (Wildman–Crippen MR) is 88.8 cm³/mol. The SMILES string of the molecule is Cn1c(=O)oc2cc(CN3CCN(c4ncccn4)CC3)cnc21. The lowest BCUT2D eigenvalue weighted by atomic mass is 10.2. The maximum Gasteiger partial charge on any atom is 0.420 e. The molecule has 1 aliphatic rings. The van der Waals surface area contributed by atoms with Crippen LogP contribution in [0.4, 0.5) is 5.95 Å². The van der Waals surface area contributed by atoms with Crippen molar-refractivity contribution in [3.63, 3.8) is 0 Å². The molecule has 0 N–H and O–H groups in total. The van der Waals surface area contributed by atoms with Gasteiger partial charge < -0.3 is 9.32 Å². The van der Waals surface area contributed by atoms with Crippen LogP contribution in [0.3, 0.4) is 0 Å². The molecule has 3 aromatic rings. The van der Waals surface area contributed by atoms with E-state index in [1.165, 1.54) is 4.57 Å². The molecule has 0 bridgehead atoms. The van der Waals surface area contributed by atoms with Gasteiger partial charge in [-0.15, -0.1) is 0 Å². The molecule has 124 valence electrons. The molecule has 0 spiro atoms. The van der Waals surface area contributed by atoms with E-state index in [2.05, 4.69) is 24.8 Å². The van der Waals surface area contributed by atoms with Crippen LogP contribution in [0.1, 0.15) is 5.56 Å². The molecular weight excluding hydrogens is 308 g/mol. The summed E-state index contributed by atoms with van der Waals surface area (Å²) in [5.41, 5.74) is 2.16. The summed E-state index contributed by atoms with van der Waals surface area (Å²) in [6.07, 6.45) is 5.34. The maximum absolute atomic E-state index is 11.5. The van der Waals surface area contributed by atoms with Gasteiger partial charge in [-0.05, 0) is 17.7 Å². The van der Waals surface area contributed by atoms with Crippen LogP contribution in [0.5, 0.6) is 0 Å². The minimum Gasteiger partial charge on any atom is -0.406 e. The lowest BCUT2D eigenvalue weighted by molar-refractivity contribution is 0.248. The van der Waals surface area contributed by atoms with E-state index in [9.17, 15) is 4.79 Å². The smallest absolute Gasteiger partial charge is 0.406 e. The van der Waals surface area contributed by atoms with Crippen LogP contribution >= 0.6 is 0 Å². The van der Waals surface area contributed by atoms with Crippen molar-refractivity contribution >= 4 is 17.2 Å². The van der Waals surface area contributed by atoms with E-state index >= 15 is 0 Å². The lowest BCUT2D eigenvalue weighted by Gasteiger charge is -2.34. The molecule has 1 fully saturated rings. The summed E-state index contributed by atoms with van der Waals surface area (Å²) in [4.78, 5) is 29.0. The van der Waals surface area contributed by atoms with Crippen molar-refractivity contribution < 1.29 is 4.42 Å². The number of hydrogen-bond acceptors (Lipinski definition) is 7. The first-order valence-electron chi connectivity index (χ1n) is 7.89. The van der Waals surface area contributed by atoms with Crippen molar-refractivity contribution in [2.75, 3.05) is 31.1 Å². The third-order valence-electron chi connectivity index (χ3n) is 4.29. The molecule has 1 aliphatic heterocycles. The first-order valence-corrected chi connectivity index (χ1v) is 7.89. The zero-order valence-corrected chi connectivity index (χ0v) is 13.4. The number of oxazole rings is 1. The van der Waals surface area contributed by atoms with Gasteiger partial charge in [0.15, 0.2) is 11.2 Å². The molecule has 4 rings (SSSR count). The Morgan fingerprint density at radius 2 is 1.88 bits per heavy atom. The second-order valence-corrected chi connectivity index (χ2v) is 5.90. The molecule has 0 radical (unpaired) electrons. The molecule has 8 heteroatoms. The van der Waals surface area contributed by atoms with Gasteiger partial charge in [-0.2, -0.15) is 0 Å². The average molecular weight is 326 g/mol. The highest BCUT2D eigenvalue weighted by molar-refractivity contribution is 5.68. The molecule has 0 unspecified atom stereocenters. The summed E-state index contributed by atoms with van der Waals surface area (Å²) in [6, 6.07) is 3.72. The van der Waals surface area contributed by atoms with Crippen LogP contribution in [0, 0.1) is 0 Å². The number of nitrogens with zero attached hydrogens (tertiary/aromatic N) is 6. The summed E-state index contributed by atoms with van der Waals surface area (Å²) in [5, 5.41) is 0. The Morgan fingerprint density at radius 3 is 2.62 bits per heavy atom. The zero-order valence-electron chi connectivity index (χ0n) is 13.4. The molecule has 1 saturated heterocycles. The second kappa shape index (κ2) is 6.04. The molecule has 0 atom stereocenters. The highest BCUT2D eigenvalue weighted by atomic mass is 16.4. The number of anilines is 1. The molecule has 0 amide bonds. The summed E-state index contributed by atoms with van der Waals surface area (Å²) < 4.78 is 6.62. The van der Waals surface area contributed by atoms with E-state index in [0.717, 1.165) is 44.2 Å². The number of aromatic nitrogens is 4. The Balaban J connectivity index is 1.43. The Labute approximate surface area is 138 Å². The Morgan fingerprint density at radius 1 is 1.12 bits per heavy atom. The topological polar surface area (TPSA) is 80.3 Å². The third kappa shape index (κ3) is 2.76. The fourth-order valence-electron chi connectivity index (χ4n) is 2.96. The van der Waals surface area contributed by atoms with Crippen molar-refractivity contribution in [1.82, 2.24) is 24.4 Å². The van der Waals surface area contributed by atoms with Crippen molar-refractivity contribution in [2.24, 2.45) is 7.05 Å². The average Bonchev–Trinajstić information content (AvgIpc) is 2.90. The van der Waals surface area contributed by atoms with Crippen LogP contribution in [-0.2, 0) is 13.6 Å². The summed E-state index contributed by atoms with van der Waals surface area (Å²) in [5.74, 6) is 0.400. The number of rotatable bonds is 3. The van der Waals surface area contributed by atoms with E-state index in [1.54, 1.807) is 19.4 Å². The quantitative estimate of drug-likeness (QED) is 0.698. The monoisotopic (exact) mass is 326 g/mol. The number of fused-ring (bicyclic) bond motifs is 1. The van der Waals surface area contributed by atoms with E-state index < -0.39 is 0 Å². The van der Waals surface area contributed by atoms with Crippen LogP contribution in [0.2, 0.25) is 0 Å². The Kier molecular flexibility index (Phi) is 3.73. The molecule has 0 aromatic carbocycles. The number of aryl methyl sites for hydroxylation is 1. The first kappa shape index (κ1) is 14.8. The van der Waals surface area contributed by atoms with Gasteiger partial charge in [-0.3, -0.25) is 9.47 Å². The second-order valence-electron chi connectivity index (χ2n) is 5.90. The van der Waals surface area contributed by atoms with Crippen molar-refractivity contribution in [3.05, 3.63) is 46.8 Å².